The van der Waals surface area contributed by atoms with Crippen molar-refractivity contribution in [3.63, 3.8) is 0 Å². The molecule has 1 aromatic heterocycles. The largest absolute Gasteiger partial charge is 0.431 e. The Kier molecular flexibility index (Phi) is 4.10. The lowest BCUT2D eigenvalue weighted by Gasteiger charge is -1.99. The van der Waals surface area contributed by atoms with Crippen LogP contribution in [0.25, 0.3) is 0 Å². The Balaban J connectivity index is 1.99. The second kappa shape index (κ2) is 5.97. The standard InChI is InChI=1S/C15H14N2O3/c1-11-10-12(2)17(16-11)14(18)8-9-20-15(19)13-6-4-3-5-7-13/h3-10H,1-2H3/b9-8+. The van der Waals surface area contributed by atoms with Gasteiger partial charge in [0, 0.05) is 11.8 Å². The van der Waals surface area contributed by atoms with E-state index in [2.05, 4.69) is 5.10 Å². The molecule has 0 aliphatic carbocycles. The fraction of sp³-hybridized carbons (Fsp3) is 0.133. The highest BCUT2D eigenvalue weighted by Crippen LogP contribution is 2.03. The van der Waals surface area contributed by atoms with Crippen LogP contribution in [0.4, 0.5) is 0 Å². The quantitative estimate of drug-likeness (QED) is 0.488. The van der Waals surface area contributed by atoms with Crippen LogP contribution >= 0.6 is 0 Å². The number of carbonyl (C=O) groups excluding carboxylic acids is 2. The van der Waals surface area contributed by atoms with E-state index in [0.717, 1.165) is 17.6 Å². The summed E-state index contributed by atoms with van der Waals surface area (Å²) < 4.78 is 6.14. The minimum atomic E-state index is -0.511. The van der Waals surface area contributed by atoms with E-state index in [1.165, 1.54) is 10.8 Å². The van der Waals surface area contributed by atoms with E-state index >= 15 is 0 Å². The number of esters is 1. The van der Waals surface area contributed by atoms with Gasteiger partial charge in [-0.1, -0.05) is 18.2 Å². The predicted octanol–water partition coefficient (Wildman–Crippen LogP) is 2.51. The highest BCUT2D eigenvalue weighted by atomic mass is 16.5. The van der Waals surface area contributed by atoms with Gasteiger partial charge in [-0.15, -0.1) is 0 Å². The number of allylic oxidation sites excluding steroid dienone is 1. The maximum atomic E-state index is 11.8. The molecule has 0 fully saturated rings. The molecule has 0 saturated heterocycles. The number of aromatic nitrogens is 2. The lowest BCUT2D eigenvalue weighted by Crippen LogP contribution is -2.11. The fourth-order valence-corrected chi connectivity index (χ4v) is 1.72. The monoisotopic (exact) mass is 270 g/mol. The number of aryl methyl sites for hydroxylation is 2. The van der Waals surface area contributed by atoms with Crippen LogP contribution in [0.5, 0.6) is 0 Å². The van der Waals surface area contributed by atoms with Gasteiger partial charge in [-0.2, -0.15) is 5.10 Å². The third kappa shape index (κ3) is 3.20. The van der Waals surface area contributed by atoms with Crippen LogP contribution in [0.15, 0.2) is 48.7 Å². The smallest absolute Gasteiger partial charge is 0.342 e. The number of rotatable bonds is 3. The molecule has 5 heteroatoms. The molecule has 0 bridgehead atoms. The van der Waals surface area contributed by atoms with Crippen molar-refractivity contribution in [1.82, 2.24) is 9.78 Å². The third-order valence-corrected chi connectivity index (χ3v) is 2.61. The molecule has 0 unspecified atom stereocenters. The predicted molar refractivity (Wildman–Crippen MR) is 73.3 cm³/mol. The molecule has 20 heavy (non-hydrogen) atoms. The molecule has 0 aliphatic rings. The minimum absolute atomic E-state index is 0.364. The Labute approximate surface area is 116 Å². The lowest BCUT2D eigenvalue weighted by molar-refractivity contribution is 0.0662. The second-order valence-electron chi connectivity index (χ2n) is 4.25. The topological polar surface area (TPSA) is 61.2 Å². The Morgan fingerprint density at radius 3 is 2.50 bits per heavy atom. The fourth-order valence-electron chi connectivity index (χ4n) is 1.72. The Morgan fingerprint density at radius 1 is 1.20 bits per heavy atom. The molecule has 0 saturated carbocycles. The van der Waals surface area contributed by atoms with E-state index in [9.17, 15) is 9.59 Å². The number of benzene rings is 1. The van der Waals surface area contributed by atoms with Crippen LogP contribution in [0.3, 0.4) is 0 Å². The Bertz CT molecular complexity index is 657. The molecule has 5 nitrogen and oxygen atoms in total. The average molecular weight is 270 g/mol. The first kappa shape index (κ1) is 13.7. The van der Waals surface area contributed by atoms with Gasteiger partial charge in [0.15, 0.2) is 0 Å². The summed E-state index contributed by atoms with van der Waals surface area (Å²) in [6.45, 7) is 3.58. The normalized spacial score (nSPS) is 10.7. The summed E-state index contributed by atoms with van der Waals surface area (Å²) >= 11 is 0. The van der Waals surface area contributed by atoms with Gasteiger partial charge in [0.2, 0.25) is 0 Å². The zero-order valence-electron chi connectivity index (χ0n) is 11.2. The van der Waals surface area contributed by atoms with Crippen LogP contribution in [0.1, 0.15) is 26.5 Å². The summed E-state index contributed by atoms with van der Waals surface area (Å²) in [5.41, 5.74) is 1.91. The van der Waals surface area contributed by atoms with Crippen LogP contribution in [0, 0.1) is 13.8 Å². The average Bonchev–Trinajstić information content (AvgIpc) is 2.78. The van der Waals surface area contributed by atoms with Gasteiger partial charge in [-0.05, 0) is 32.0 Å². The summed E-state index contributed by atoms with van der Waals surface area (Å²) in [5.74, 6) is -0.875. The van der Waals surface area contributed by atoms with E-state index in [-0.39, 0.29) is 5.91 Å². The van der Waals surface area contributed by atoms with Crippen molar-refractivity contribution in [2.24, 2.45) is 0 Å². The Morgan fingerprint density at radius 2 is 1.90 bits per heavy atom. The Hall–Kier alpha value is -2.69. The molecule has 0 spiro atoms. The molecule has 0 amide bonds. The van der Waals surface area contributed by atoms with Gasteiger partial charge in [0.25, 0.3) is 5.91 Å². The van der Waals surface area contributed by atoms with E-state index in [1.54, 1.807) is 50.2 Å². The summed E-state index contributed by atoms with van der Waals surface area (Å²) in [6, 6.07) is 10.3. The van der Waals surface area contributed by atoms with Gasteiger partial charge in [0.05, 0.1) is 11.3 Å². The number of ether oxygens (including phenoxy) is 1. The lowest BCUT2D eigenvalue weighted by atomic mass is 10.2. The van der Waals surface area contributed by atoms with Crippen molar-refractivity contribution in [2.75, 3.05) is 0 Å². The van der Waals surface area contributed by atoms with Crippen molar-refractivity contribution in [2.45, 2.75) is 13.8 Å². The number of hydrogen-bond donors (Lipinski definition) is 0. The summed E-state index contributed by atoms with van der Waals surface area (Å²) in [6.07, 6.45) is 2.24. The highest BCUT2D eigenvalue weighted by molar-refractivity contribution is 5.92. The minimum Gasteiger partial charge on any atom is -0.431 e. The van der Waals surface area contributed by atoms with Crippen LogP contribution in [-0.2, 0) is 4.74 Å². The molecule has 1 heterocycles. The zero-order chi connectivity index (χ0) is 14.5. The molecular formula is C15H14N2O3. The number of nitrogens with zero attached hydrogens (tertiary/aromatic N) is 2. The molecule has 0 N–H and O–H groups in total. The van der Waals surface area contributed by atoms with Gasteiger partial charge in [-0.3, -0.25) is 4.79 Å². The van der Waals surface area contributed by atoms with Gasteiger partial charge < -0.3 is 4.74 Å². The van der Waals surface area contributed by atoms with Crippen molar-refractivity contribution >= 4 is 11.9 Å². The number of hydrogen-bond acceptors (Lipinski definition) is 4. The highest BCUT2D eigenvalue weighted by Gasteiger charge is 2.08. The number of carbonyl (C=O) groups is 2. The summed E-state index contributed by atoms with van der Waals surface area (Å²) in [7, 11) is 0. The van der Waals surface area contributed by atoms with E-state index in [4.69, 9.17) is 4.74 Å². The molecule has 1 aromatic carbocycles. The van der Waals surface area contributed by atoms with Crippen molar-refractivity contribution in [1.29, 1.82) is 0 Å². The maximum absolute atomic E-state index is 11.8. The molecule has 2 aromatic rings. The SMILES string of the molecule is Cc1cc(C)n(C(=O)/C=C/OC(=O)c2ccccc2)n1. The summed E-state index contributed by atoms with van der Waals surface area (Å²) in [4.78, 5) is 23.4. The first-order valence-electron chi connectivity index (χ1n) is 6.08. The molecule has 2 rings (SSSR count). The van der Waals surface area contributed by atoms with Crippen molar-refractivity contribution < 1.29 is 14.3 Å². The van der Waals surface area contributed by atoms with Crippen molar-refractivity contribution in [3.8, 4) is 0 Å². The molecule has 0 atom stereocenters. The van der Waals surface area contributed by atoms with E-state index < -0.39 is 5.97 Å². The first-order chi connectivity index (χ1) is 9.58. The first-order valence-corrected chi connectivity index (χ1v) is 6.08. The molecule has 0 aliphatic heterocycles. The van der Waals surface area contributed by atoms with Crippen LogP contribution in [0.2, 0.25) is 0 Å². The second-order valence-corrected chi connectivity index (χ2v) is 4.25. The van der Waals surface area contributed by atoms with Crippen LogP contribution < -0.4 is 0 Å². The zero-order valence-corrected chi connectivity index (χ0v) is 11.2. The van der Waals surface area contributed by atoms with E-state index in [0.29, 0.717) is 5.56 Å². The maximum Gasteiger partial charge on any atom is 0.342 e. The van der Waals surface area contributed by atoms with Gasteiger partial charge in [0.1, 0.15) is 6.26 Å². The molecule has 102 valence electrons. The van der Waals surface area contributed by atoms with E-state index in [1.807, 2.05) is 0 Å². The van der Waals surface area contributed by atoms with Crippen LogP contribution in [-0.4, -0.2) is 21.7 Å². The van der Waals surface area contributed by atoms with Gasteiger partial charge in [-0.25, -0.2) is 9.48 Å². The molecule has 0 radical (unpaired) electrons. The molecular weight excluding hydrogens is 256 g/mol. The third-order valence-electron chi connectivity index (χ3n) is 2.61. The van der Waals surface area contributed by atoms with Gasteiger partial charge >= 0.3 is 5.97 Å². The van der Waals surface area contributed by atoms with Crippen molar-refractivity contribution in [3.05, 3.63) is 65.7 Å². The summed E-state index contributed by atoms with van der Waals surface area (Å²) in [5, 5.41) is 4.04.